The molecular weight excluding hydrogens is 229 g/mol. The van der Waals surface area contributed by atoms with E-state index in [1.807, 2.05) is 12.1 Å². The first-order valence-corrected chi connectivity index (χ1v) is 6.41. The van der Waals surface area contributed by atoms with Gasteiger partial charge in [0.05, 0.1) is 0 Å². The summed E-state index contributed by atoms with van der Waals surface area (Å²) >= 11 is 0. The molecule has 3 nitrogen and oxygen atoms in total. The molecule has 0 spiro atoms. The van der Waals surface area contributed by atoms with Crippen LogP contribution in [0.3, 0.4) is 0 Å². The number of halogens is 1. The van der Waals surface area contributed by atoms with E-state index in [9.17, 15) is 4.39 Å². The molecule has 18 heavy (non-hydrogen) atoms. The Morgan fingerprint density at radius 2 is 1.83 bits per heavy atom. The third kappa shape index (κ3) is 2.28. The number of hydrogen-bond donors (Lipinski definition) is 0. The molecule has 1 aliphatic carbocycles. The fourth-order valence-corrected chi connectivity index (χ4v) is 2.95. The summed E-state index contributed by atoms with van der Waals surface area (Å²) < 4.78 is 15.0. The lowest BCUT2D eigenvalue weighted by Crippen LogP contribution is -2.15. The van der Waals surface area contributed by atoms with E-state index in [1.54, 1.807) is 12.7 Å². The van der Waals surface area contributed by atoms with Gasteiger partial charge in [-0.2, -0.15) is 0 Å². The molecule has 1 aromatic carbocycles. The average molecular weight is 245 g/mol. The molecule has 0 amide bonds. The van der Waals surface area contributed by atoms with Gasteiger partial charge in [-0.05, 0) is 42.9 Å². The van der Waals surface area contributed by atoms with Gasteiger partial charge in [-0.1, -0.05) is 18.6 Å². The molecule has 2 aromatic rings. The van der Waals surface area contributed by atoms with Crippen molar-refractivity contribution in [3.05, 3.63) is 48.3 Å². The molecule has 2 atom stereocenters. The lowest BCUT2D eigenvalue weighted by Gasteiger charge is -2.20. The van der Waals surface area contributed by atoms with E-state index in [2.05, 4.69) is 14.8 Å². The van der Waals surface area contributed by atoms with Crippen LogP contribution in [-0.4, -0.2) is 14.8 Å². The molecular formula is C14H16FN3. The Balaban J connectivity index is 1.73. The van der Waals surface area contributed by atoms with Gasteiger partial charge in [0.1, 0.15) is 18.5 Å². The van der Waals surface area contributed by atoms with Crippen LogP contribution >= 0.6 is 0 Å². The monoisotopic (exact) mass is 245 g/mol. The van der Waals surface area contributed by atoms with E-state index in [-0.39, 0.29) is 5.82 Å². The molecule has 0 radical (unpaired) electrons. The molecule has 3 rings (SSSR count). The van der Waals surface area contributed by atoms with E-state index in [1.165, 1.54) is 37.0 Å². The maximum absolute atomic E-state index is 12.9. The first-order chi connectivity index (χ1) is 8.83. The van der Waals surface area contributed by atoms with Gasteiger partial charge >= 0.3 is 0 Å². The largest absolute Gasteiger partial charge is 0.317 e. The quantitative estimate of drug-likeness (QED) is 0.832. The Kier molecular flexibility index (Phi) is 3.09. The van der Waals surface area contributed by atoms with Crippen molar-refractivity contribution in [2.24, 2.45) is 5.92 Å². The van der Waals surface area contributed by atoms with Gasteiger partial charge in [0.25, 0.3) is 0 Å². The highest BCUT2D eigenvalue weighted by Gasteiger charge is 2.28. The molecule has 1 aromatic heterocycles. The normalized spacial score (nSPS) is 23.4. The SMILES string of the molecule is Fc1ccc(C[C@@H]2CCC[C@@H]2n2cnnc2)cc1. The summed E-state index contributed by atoms with van der Waals surface area (Å²) in [5, 5.41) is 7.77. The molecule has 1 fully saturated rings. The Morgan fingerprint density at radius 3 is 2.56 bits per heavy atom. The zero-order valence-electron chi connectivity index (χ0n) is 10.2. The van der Waals surface area contributed by atoms with Gasteiger partial charge in [-0.3, -0.25) is 0 Å². The minimum Gasteiger partial charge on any atom is -0.317 e. The lowest BCUT2D eigenvalue weighted by atomic mass is 9.94. The molecule has 4 heteroatoms. The van der Waals surface area contributed by atoms with E-state index >= 15 is 0 Å². The van der Waals surface area contributed by atoms with E-state index in [0.29, 0.717) is 12.0 Å². The van der Waals surface area contributed by atoms with Crippen LogP contribution in [0.25, 0.3) is 0 Å². The molecule has 0 N–H and O–H groups in total. The fraction of sp³-hybridized carbons (Fsp3) is 0.429. The molecule has 0 saturated heterocycles. The summed E-state index contributed by atoms with van der Waals surface area (Å²) in [7, 11) is 0. The summed E-state index contributed by atoms with van der Waals surface area (Å²) in [6.45, 7) is 0. The van der Waals surface area contributed by atoms with Crippen molar-refractivity contribution >= 4 is 0 Å². The molecule has 0 aliphatic heterocycles. The van der Waals surface area contributed by atoms with Crippen molar-refractivity contribution in [1.29, 1.82) is 0 Å². The van der Waals surface area contributed by atoms with E-state index < -0.39 is 0 Å². The van der Waals surface area contributed by atoms with Crippen LogP contribution in [0.5, 0.6) is 0 Å². The van der Waals surface area contributed by atoms with E-state index in [4.69, 9.17) is 0 Å². The van der Waals surface area contributed by atoms with Crippen LogP contribution in [0.2, 0.25) is 0 Å². The zero-order chi connectivity index (χ0) is 12.4. The van der Waals surface area contributed by atoms with E-state index in [0.717, 1.165) is 6.42 Å². The first kappa shape index (κ1) is 11.4. The second-order valence-corrected chi connectivity index (χ2v) is 5.00. The highest BCUT2D eigenvalue weighted by molar-refractivity contribution is 5.17. The molecule has 1 aliphatic rings. The standard InChI is InChI=1S/C14H16FN3/c15-13-6-4-11(5-7-13)8-12-2-1-3-14(12)18-9-16-17-10-18/h4-7,9-10,12,14H,1-3,8H2/t12-,14-/m0/s1. The van der Waals surface area contributed by atoms with Gasteiger partial charge < -0.3 is 4.57 Å². The number of aromatic nitrogens is 3. The maximum atomic E-state index is 12.9. The number of benzene rings is 1. The Hall–Kier alpha value is -1.71. The summed E-state index contributed by atoms with van der Waals surface area (Å²) in [4.78, 5) is 0. The highest BCUT2D eigenvalue weighted by Crippen LogP contribution is 2.37. The number of nitrogens with zero attached hydrogens (tertiary/aromatic N) is 3. The second kappa shape index (κ2) is 4.88. The lowest BCUT2D eigenvalue weighted by molar-refractivity contribution is 0.376. The minimum atomic E-state index is -0.166. The van der Waals surface area contributed by atoms with Crippen LogP contribution in [0, 0.1) is 11.7 Å². The van der Waals surface area contributed by atoms with Crippen LogP contribution in [0.15, 0.2) is 36.9 Å². The van der Waals surface area contributed by atoms with Crippen molar-refractivity contribution in [3.63, 3.8) is 0 Å². The molecule has 1 heterocycles. The molecule has 1 saturated carbocycles. The van der Waals surface area contributed by atoms with Crippen molar-refractivity contribution < 1.29 is 4.39 Å². The number of rotatable bonds is 3. The molecule has 0 unspecified atom stereocenters. The van der Waals surface area contributed by atoms with Crippen LogP contribution < -0.4 is 0 Å². The molecule has 94 valence electrons. The van der Waals surface area contributed by atoms with Gasteiger partial charge in [0.15, 0.2) is 0 Å². The van der Waals surface area contributed by atoms with Gasteiger partial charge in [0.2, 0.25) is 0 Å². The topological polar surface area (TPSA) is 30.7 Å². The summed E-state index contributed by atoms with van der Waals surface area (Å²) in [6.07, 6.45) is 8.25. The maximum Gasteiger partial charge on any atom is 0.123 e. The number of hydrogen-bond acceptors (Lipinski definition) is 2. The minimum absolute atomic E-state index is 0.166. The predicted molar refractivity (Wildman–Crippen MR) is 66.5 cm³/mol. The van der Waals surface area contributed by atoms with Gasteiger partial charge in [-0.15, -0.1) is 10.2 Å². The third-order valence-corrected chi connectivity index (χ3v) is 3.85. The Morgan fingerprint density at radius 1 is 1.11 bits per heavy atom. The van der Waals surface area contributed by atoms with Crippen molar-refractivity contribution in [2.45, 2.75) is 31.7 Å². The van der Waals surface area contributed by atoms with Gasteiger partial charge in [0, 0.05) is 6.04 Å². The smallest absolute Gasteiger partial charge is 0.123 e. The molecule has 0 bridgehead atoms. The average Bonchev–Trinajstić information content (AvgIpc) is 3.02. The third-order valence-electron chi connectivity index (χ3n) is 3.85. The highest BCUT2D eigenvalue weighted by atomic mass is 19.1. The van der Waals surface area contributed by atoms with Crippen molar-refractivity contribution in [2.75, 3.05) is 0 Å². The summed E-state index contributed by atoms with van der Waals surface area (Å²) in [5.74, 6) is 0.437. The van der Waals surface area contributed by atoms with Crippen molar-refractivity contribution in [1.82, 2.24) is 14.8 Å². The van der Waals surface area contributed by atoms with Crippen LogP contribution in [0.4, 0.5) is 4.39 Å². The Labute approximate surface area is 106 Å². The van der Waals surface area contributed by atoms with Crippen molar-refractivity contribution in [3.8, 4) is 0 Å². The second-order valence-electron chi connectivity index (χ2n) is 5.00. The van der Waals surface area contributed by atoms with Gasteiger partial charge in [-0.25, -0.2) is 4.39 Å². The van der Waals surface area contributed by atoms with Crippen LogP contribution in [-0.2, 0) is 6.42 Å². The fourth-order valence-electron chi connectivity index (χ4n) is 2.95. The first-order valence-electron chi connectivity index (χ1n) is 6.41. The Bertz CT molecular complexity index is 492. The predicted octanol–water partition coefficient (Wildman–Crippen LogP) is 3.00. The summed E-state index contributed by atoms with van der Waals surface area (Å²) in [5.41, 5.74) is 1.21. The zero-order valence-corrected chi connectivity index (χ0v) is 10.2. The van der Waals surface area contributed by atoms with Crippen LogP contribution in [0.1, 0.15) is 30.9 Å². The summed E-state index contributed by atoms with van der Waals surface area (Å²) in [6, 6.07) is 7.34.